The zero-order chi connectivity index (χ0) is 26.0. The third-order valence-electron chi connectivity index (χ3n) is 5.84. The molecule has 0 aliphatic rings. The van der Waals surface area contributed by atoms with Crippen molar-refractivity contribution in [2.45, 2.75) is 18.7 Å². The van der Waals surface area contributed by atoms with Gasteiger partial charge in [0, 0.05) is 22.9 Å². The van der Waals surface area contributed by atoms with Gasteiger partial charge in [-0.05, 0) is 37.6 Å². The van der Waals surface area contributed by atoms with Gasteiger partial charge in [-0.1, -0.05) is 35.5 Å². The number of nitriles is 1. The van der Waals surface area contributed by atoms with E-state index in [2.05, 4.69) is 25.7 Å². The topological polar surface area (TPSA) is 154 Å². The fourth-order valence-corrected chi connectivity index (χ4v) is 5.34. The highest BCUT2D eigenvalue weighted by Gasteiger charge is 2.32. The Hall–Kier alpha value is -4.89. The van der Waals surface area contributed by atoms with Crippen molar-refractivity contribution < 1.29 is 17.4 Å². The number of oxazole rings is 1. The second-order valence-electron chi connectivity index (χ2n) is 8.06. The number of nitrogens with zero attached hydrogens (tertiary/aromatic N) is 5. The quantitative estimate of drug-likeness (QED) is 0.285. The number of H-pyrrole nitrogens is 1. The molecule has 0 spiro atoms. The van der Waals surface area contributed by atoms with Crippen LogP contribution in [-0.4, -0.2) is 35.4 Å². The summed E-state index contributed by atoms with van der Waals surface area (Å²) in [5, 5.41) is 22.7. The molecular formula is C25H21N7O4S. The van der Waals surface area contributed by atoms with E-state index in [1.54, 1.807) is 38.2 Å². The predicted octanol–water partition coefficient (Wildman–Crippen LogP) is 4.47. The normalized spacial score (nSPS) is 11.3. The Morgan fingerprint density at radius 2 is 1.86 bits per heavy atom. The van der Waals surface area contributed by atoms with Crippen LogP contribution in [0.4, 0.5) is 11.7 Å². The summed E-state index contributed by atoms with van der Waals surface area (Å²) in [6, 6.07) is 15.9. The first-order valence-electron chi connectivity index (χ1n) is 11.1. The van der Waals surface area contributed by atoms with Crippen LogP contribution in [0.25, 0.3) is 22.6 Å². The lowest BCUT2D eigenvalue weighted by atomic mass is 10.0. The van der Waals surface area contributed by atoms with E-state index < -0.39 is 10.0 Å². The largest absolute Gasteiger partial charge is 0.445 e. The van der Waals surface area contributed by atoms with Crippen LogP contribution in [0.5, 0.6) is 0 Å². The molecular weight excluding hydrogens is 494 g/mol. The van der Waals surface area contributed by atoms with Gasteiger partial charge < -0.3 is 14.3 Å². The van der Waals surface area contributed by atoms with Crippen molar-refractivity contribution in [1.82, 2.24) is 20.3 Å². The number of aryl methyl sites for hydroxylation is 1. The molecule has 5 rings (SSSR count). The summed E-state index contributed by atoms with van der Waals surface area (Å²) in [5.41, 5.74) is 3.32. The van der Waals surface area contributed by atoms with E-state index in [1.807, 2.05) is 30.3 Å². The van der Waals surface area contributed by atoms with Crippen LogP contribution in [0.15, 0.2) is 81.0 Å². The van der Waals surface area contributed by atoms with Gasteiger partial charge in [-0.15, -0.1) is 0 Å². The molecule has 0 bridgehead atoms. The number of rotatable bonds is 8. The maximum absolute atomic E-state index is 14.1. The van der Waals surface area contributed by atoms with Gasteiger partial charge in [0.1, 0.15) is 24.6 Å². The lowest BCUT2D eigenvalue weighted by Crippen LogP contribution is -2.36. The molecule has 0 fully saturated rings. The Kier molecular flexibility index (Phi) is 6.21. The molecule has 0 aliphatic carbocycles. The molecule has 2 aromatic carbocycles. The molecule has 186 valence electrons. The highest BCUT2D eigenvalue weighted by molar-refractivity contribution is 7.93. The average Bonchev–Trinajstić information content (AvgIpc) is 3.68. The second-order valence-corrected chi connectivity index (χ2v) is 9.89. The minimum absolute atomic E-state index is 0.0630. The van der Waals surface area contributed by atoms with Crippen LogP contribution >= 0.6 is 0 Å². The number of hydrogen-bond donors (Lipinski definition) is 2. The molecule has 11 nitrogen and oxygen atoms in total. The Labute approximate surface area is 212 Å². The maximum atomic E-state index is 14.1. The fourth-order valence-electron chi connectivity index (χ4n) is 3.77. The lowest BCUT2D eigenvalue weighted by molar-refractivity contribution is 0.420. The molecule has 2 N–H and O–H groups in total. The van der Waals surface area contributed by atoms with Gasteiger partial charge in [0.05, 0.1) is 16.8 Å². The number of benzene rings is 2. The summed E-state index contributed by atoms with van der Waals surface area (Å²) in [5.74, 6) is 0.746. The van der Waals surface area contributed by atoms with Crippen molar-refractivity contribution in [3.05, 3.63) is 84.0 Å². The molecule has 12 heteroatoms. The van der Waals surface area contributed by atoms with Crippen molar-refractivity contribution >= 4 is 21.7 Å². The molecule has 3 aromatic heterocycles. The molecule has 0 radical (unpaired) electrons. The number of sulfonamides is 1. The summed E-state index contributed by atoms with van der Waals surface area (Å²) in [7, 11) is -4.18. The van der Waals surface area contributed by atoms with E-state index in [1.165, 1.54) is 18.5 Å². The van der Waals surface area contributed by atoms with Gasteiger partial charge in [0.25, 0.3) is 10.0 Å². The van der Waals surface area contributed by atoms with Crippen LogP contribution in [0.3, 0.4) is 0 Å². The van der Waals surface area contributed by atoms with E-state index >= 15 is 0 Å². The molecule has 0 saturated heterocycles. The van der Waals surface area contributed by atoms with E-state index in [-0.39, 0.29) is 28.8 Å². The van der Waals surface area contributed by atoms with E-state index in [0.717, 1.165) is 9.87 Å². The van der Waals surface area contributed by atoms with Crippen LogP contribution in [0.1, 0.15) is 16.8 Å². The molecule has 0 aliphatic heterocycles. The van der Waals surface area contributed by atoms with Crippen LogP contribution in [-0.2, 0) is 10.0 Å². The molecule has 0 amide bonds. The van der Waals surface area contributed by atoms with Gasteiger partial charge in [0.15, 0.2) is 5.82 Å². The third-order valence-corrected chi connectivity index (χ3v) is 7.63. The van der Waals surface area contributed by atoms with Crippen LogP contribution in [0.2, 0.25) is 0 Å². The SMILES string of the molecule is Cc1noc(N(CNc2n[nH]cc2C#N)S(=O)(=O)c2ccccc2-c2ccc(-c3ncco3)cc2)c1C. The number of nitrogens with one attached hydrogen (secondary N) is 2. The zero-order valence-electron chi connectivity index (χ0n) is 19.8. The number of anilines is 2. The molecule has 0 unspecified atom stereocenters. The summed E-state index contributed by atoms with van der Waals surface area (Å²) >= 11 is 0. The van der Waals surface area contributed by atoms with Gasteiger partial charge in [-0.25, -0.2) is 17.7 Å². The first kappa shape index (κ1) is 23.8. The molecule has 3 heterocycles. The number of aromatic nitrogens is 4. The van der Waals surface area contributed by atoms with Gasteiger partial charge in [0.2, 0.25) is 11.8 Å². The molecule has 0 saturated carbocycles. The van der Waals surface area contributed by atoms with Crippen LogP contribution in [0, 0.1) is 25.2 Å². The lowest BCUT2D eigenvalue weighted by Gasteiger charge is -2.24. The van der Waals surface area contributed by atoms with Crippen molar-refractivity contribution in [3.63, 3.8) is 0 Å². The van der Waals surface area contributed by atoms with Crippen LogP contribution < -0.4 is 9.62 Å². The highest BCUT2D eigenvalue weighted by atomic mass is 32.2. The minimum atomic E-state index is -4.18. The first-order chi connectivity index (χ1) is 17.9. The maximum Gasteiger partial charge on any atom is 0.268 e. The van der Waals surface area contributed by atoms with E-state index in [9.17, 15) is 13.7 Å². The molecule has 37 heavy (non-hydrogen) atoms. The van der Waals surface area contributed by atoms with Crippen molar-refractivity contribution in [3.8, 4) is 28.7 Å². The monoisotopic (exact) mass is 515 g/mol. The molecule has 5 aromatic rings. The van der Waals surface area contributed by atoms with Gasteiger partial charge in [-0.3, -0.25) is 5.10 Å². The van der Waals surface area contributed by atoms with Crippen molar-refractivity contribution in [2.24, 2.45) is 0 Å². The zero-order valence-corrected chi connectivity index (χ0v) is 20.7. The average molecular weight is 516 g/mol. The highest BCUT2D eigenvalue weighted by Crippen LogP contribution is 2.34. The first-order valence-corrected chi connectivity index (χ1v) is 12.6. The third kappa shape index (κ3) is 4.43. The predicted molar refractivity (Wildman–Crippen MR) is 135 cm³/mol. The Morgan fingerprint density at radius 3 is 2.54 bits per heavy atom. The Morgan fingerprint density at radius 1 is 1.11 bits per heavy atom. The van der Waals surface area contributed by atoms with Gasteiger partial charge >= 0.3 is 0 Å². The summed E-state index contributed by atoms with van der Waals surface area (Å²) in [4.78, 5) is 4.21. The van der Waals surface area contributed by atoms with Gasteiger partial charge in [-0.2, -0.15) is 10.4 Å². The van der Waals surface area contributed by atoms with Crippen molar-refractivity contribution in [1.29, 1.82) is 5.26 Å². The summed E-state index contributed by atoms with van der Waals surface area (Å²) in [6.45, 7) is 3.20. The number of aromatic amines is 1. The molecule has 0 atom stereocenters. The number of hydrogen-bond acceptors (Lipinski definition) is 9. The Bertz CT molecular complexity index is 1680. The smallest absolute Gasteiger partial charge is 0.268 e. The fraction of sp³-hybridized carbons (Fsp3) is 0.120. The van der Waals surface area contributed by atoms with Crippen molar-refractivity contribution in [2.75, 3.05) is 16.3 Å². The summed E-state index contributed by atoms with van der Waals surface area (Å²) < 4.78 is 40.1. The van der Waals surface area contributed by atoms with E-state index in [0.29, 0.717) is 28.3 Å². The minimum Gasteiger partial charge on any atom is -0.445 e. The summed E-state index contributed by atoms with van der Waals surface area (Å²) in [6.07, 6.45) is 4.47. The second kappa shape index (κ2) is 9.63. The Balaban J connectivity index is 1.56. The standard InChI is InChI=1S/C25H21N7O4S/c1-16-17(2)31-36-25(16)32(15-28-23-20(13-26)14-29-30-23)37(33,34)22-6-4-3-5-21(22)18-7-9-19(10-8-18)24-27-11-12-35-24/h3-12,14H,15H2,1-2H3,(H2,28,29,30). The van der Waals surface area contributed by atoms with E-state index in [4.69, 9.17) is 8.94 Å².